The Morgan fingerprint density at radius 3 is 2.11 bits per heavy atom. The Morgan fingerprint density at radius 2 is 1.72 bits per heavy atom. The molecule has 1 aromatic carbocycles. The Kier molecular flexibility index (Phi) is 5.36. The van der Waals surface area contributed by atoms with Crippen LogP contribution in [0.3, 0.4) is 0 Å². The zero-order chi connectivity index (χ0) is 13.8. The third-order valence-corrected chi connectivity index (χ3v) is 3.11. The van der Waals surface area contributed by atoms with Gasteiger partial charge in [-0.3, -0.25) is 4.90 Å². The summed E-state index contributed by atoms with van der Waals surface area (Å²) in [7, 11) is 0. The van der Waals surface area contributed by atoms with Crippen LogP contribution in [-0.4, -0.2) is 28.7 Å². The fourth-order valence-electron chi connectivity index (χ4n) is 2.09. The van der Waals surface area contributed by atoms with Gasteiger partial charge >= 0.3 is 0 Å². The van der Waals surface area contributed by atoms with Crippen molar-refractivity contribution in [2.45, 2.75) is 52.7 Å². The second-order valence-corrected chi connectivity index (χ2v) is 6.01. The molecule has 0 heterocycles. The summed E-state index contributed by atoms with van der Waals surface area (Å²) in [6.45, 7) is 12.8. The number of rotatable bonds is 6. The van der Waals surface area contributed by atoms with Crippen molar-refractivity contribution < 1.29 is 5.11 Å². The first kappa shape index (κ1) is 15.2. The first-order chi connectivity index (χ1) is 8.31. The van der Waals surface area contributed by atoms with Crippen molar-refractivity contribution in [2.75, 3.05) is 13.1 Å². The van der Waals surface area contributed by atoms with Crippen molar-refractivity contribution in [1.82, 2.24) is 4.90 Å². The number of nitrogens with zero attached hydrogens (tertiary/aromatic N) is 1. The van der Waals surface area contributed by atoms with Crippen molar-refractivity contribution in [3.63, 3.8) is 0 Å². The van der Waals surface area contributed by atoms with E-state index in [1.165, 1.54) is 11.1 Å². The smallest absolute Gasteiger partial charge is 0.0718 e. The summed E-state index contributed by atoms with van der Waals surface area (Å²) >= 11 is 0. The van der Waals surface area contributed by atoms with Crippen molar-refractivity contribution in [3.8, 4) is 0 Å². The van der Waals surface area contributed by atoms with Gasteiger partial charge in [-0.05, 0) is 37.4 Å². The highest BCUT2D eigenvalue weighted by atomic mass is 16.3. The fourth-order valence-corrected chi connectivity index (χ4v) is 2.09. The molecule has 1 rings (SSSR count). The van der Waals surface area contributed by atoms with Crippen LogP contribution in [0, 0.1) is 0 Å². The average molecular weight is 249 g/mol. The fraction of sp³-hybridized carbons (Fsp3) is 0.625. The number of hydrogen-bond donors (Lipinski definition) is 1. The molecule has 0 aliphatic heterocycles. The molecule has 0 spiro atoms. The standard InChI is InChI=1S/C16H27NO/c1-6-17(12-16(4,5)18)11-14-7-9-15(10-8-14)13(2)3/h7-10,13,18H,6,11-12H2,1-5H3. The minimum Gasteiger partial charge on any atom is -0.389 e. The molecule has 102 valence electrons. The van der Waals surface area contributed by atoms with E-state index in [2.05, 4.69) is 49.9 Å². The maximum Gasteiger partial charge on any atom is 0.0718 e. The Labute approximate surface area is 112 Å². The van der Waals surface area contributed by atoms with E-state index in [1.54, 1.807) is 0 Å². The minimum atomic E-state index is -0.631. The van der Waals surface area contributed by atoms with Crippen LogP contribution >= 0.6 is 0 Å². The van der Waals surface area contributed by atoms with E-state index >= 15 is 0 Å². The number of likely N-dealkylation sites (N-methyl/N-ethyl adjacent to an activating group) is 1. The minimum absolute atomic E-state index is 0.581. The monoisotopic (exact) mass is 249 g/mol. The second kappa shape index (κ2) is 6.35. The number of aliphatic hydroxyl groups is 1. The average Bonchev–Trinajstić information content (AvgIpc) is 2.27. The summed E-state index contributed by atoms with van der Waals surface area (Å²) in [6, 6.07) is 8.81. The van der Waals surface area contributed by atoms with Crippen LogP contribution < -0.4 is 0 Å². The second-order valence-electron chi connectivity index (χ2n) is 6.01. The lowest BCUT2D eigenvalue weighted by atomic mass is 10.0. The van der Waals surface area contributed by atoms with Gasteiger partial charge in [-0.2, -0.15) is 0 Å². The van der Waals surface area contributed by atoms with Crippen LogP contribution in [-0.2, 0) is 6.54 Å². The molecule has 18 heavy (non-hydrogen) atoms. The highest BCUT2D eigenvalue weighted by Gasteiger charge is 2.17. The van der Waals surface area contributed by atoms with Gasteiger partial charge in [0.05, 0.1) is 5.60 Å². The molecular formula is C16H27NO. The summed E-state index contributed by atoms with van der Waals surface area (Å²) in [6.07, 6.45) is 0. The molecule has 2 heteroatoms. The van der Waals surface area contributed by atoms with Crippen LogP contribution in [0.25, 0.3) is 0 Å². The molecule has 0 aliphatic rings. The molecule has 0 aromatic heterocycles. The summed E-state index contributed by atoms with van der Waals surface area (Å²) in [5.74, 6) is 0.581. The molecule has 0 amide bonds. The van der Waals surface area contributed by atoms with Crippen LogP contribution in [0.5, 0.6) is 0 Å². The van der Waals surface area contributed by atoms with E-state index in [1.807, 2.05) is 13.8 Å². The first-order valence-electron chi connectivity index (χ1n) is 6.85. The van der Waals surface area contributed by atoms with E-state index in [0.717, 1.165) is 13.1 Å². The number of benzene rings is 1. The van der Waals surface area contributed by atoms with Crippen LogP contribution in [0.2, 0.25) is 0 Å². The topological polar surface area (TPSA) is 23.5 Å². The van der Waals surface area contributed by atoms with Crippen LogP contribution in [0.15, 0.2) is 24.3 Å². The Hall–Kier alpha value is -0.860. The Balaban J connectivity index is 2.65. The van der Waals surface area contributed by atoms with Crippen LogP contribution in [0.1, 0.15) is 51.7 Å². The van der Waals surface area contributed by atoms with E-state index < -0.39 is 5.60 Å². The zero-order valence-electron chi connectivity index (χ0n) is 12.4. The summed E-state index contributed by atoms with van der Waals surface area (Å²) in [5.41, 5.74) is 2.06. The largest absolute Gasteiger partial charge is 0.389 e. The van der Waals surface area contributed by atoms with Gasteiger partial charge in [-0.25, -0.2) is 0 Å². The van der Waals surface area contributed by atoms with Crippen molar-refractivity contribution in [1.29, 1.82) is 0 Å². The van der Waals surface area contributed by atoms with Gasteiger partial charge in [-0.1, -0.05) is 45.0 Å². The lowest BCUT2D eigenvalue weighted by molar-refractivity contribution is 0.0353. The van der Waals surface area contributed by atoms with Crippen molar-refractivity contribution in [3.05, 3.63) is 35.4 Å². The van der Waals surface area contributed by atoms with Gasteiger partial charge in [0.2, 0.25) is 0 Å². The van der Waals surface area contributed by atoms with E-state index in [0.29, 0.717) is 12.5 Å². The highest BCUT2D eigenvalue weighted by Crippen LogP contribution is 2.16. The molecule has 0 radical (unpaired) electrons. The molecular weight excluding hydrogens is 222 g/mol. The lowest BCUT2D eigenvalue weighted by Gasteiger charge is -2.28. The van der Waals surface area contributed by atoms with Gasteiger partial charge in [0.25, 0.3) is 0 Å². The molecule has 0 aliphatic carbocycles. The molecule has 0 unspecified atom stereocenters. The summed E-state index contributed by atoms with van der Waals surface area (Å²) in [4.78, 5) is 2.27. The maximum atomic E-state index is 9.87. The molecule has 0 bridgehead atoms. The quantitative estimate of drug-likeness (QED) is 0.835. The summed E-state index contributed by atoms with van der Waals surface area (Å²) in [5, 5.41) is 9.87. The molecule has 1 N–H and O–H groups in total. The third kappa shape index (κ3) is 5.19. The van der Waals surface area contributed by atoms with Crippen LogP contribution in [0.4, 0.5) is 0 Å². The zero-order valence-corrected chi connectivity index (χ0v) is 12.4. The molecule has 1 aromatic rings. The Bertz CT molecular complexity index is 348. The molecule has 2 nitrogen and oxygen atoms in total. The van der Waals surface area contributed by atoms with Gasteiger partial charge < -0.3 is 5.11 Å². The van der Waals surface area contributed by atoms with Crippen molar-refractivity contribution in [2.24, 2.45) is 0 Å². The van der Waals surface area contributed by atoms with Crippen molar-refractivity contribution >= 4 is 0 Å². The predicted molar refractivity (Wildman–Crippen MR) is 77.8 cm³/mol. The van der Waals surface area contributed by atoms with E-state index in [-0.39, 0.29) is 0 Å². The molecule has 0 atom stereocenters. The predicted octanol–water partition coefficient (Wildman–Crippen LogP) is 3.40. The number of hydrogen-bond acceptors (Lipinski definition) is 2. The van der Waals surface area contributed by atoms with Gasteiger partial charge in [0.1, 0.15) is 0 Å². The van der Waals surface area contributed by atoms with Gasteiger partial charge in [-0.15, -0.1) is 0 Å². The van der Waals surface area contributed by atoms with Gasteiger partial charge in [0, 0.05) is 13.1 Å². The van der Waals surface area contributed by atoms with Gasteiger partial charge in [0.15, 0.2) is 0 Å². The highest BCUT2D eigenvalue weighted by molar-refractivity contribution is 5.24. The first-order valence-corrected chi connectivity index (χ1v) is 6.85. The molecule has 0 saturated carbocycles. The molecule has 0 fully saturated rings. The lowest BCUT2D eigenvalue weighted by Crippen LogP contribution is -2.38. The Morgan fingerprint density at radius 1 is 1.17 bits per heavy atom. The summed E-state index contributed by atoms with van der Waals surface area (Å²) < 4.78 is 0. The normalized spacial score (nSPS) is 12.4. The van der Waals surface area contributed by atoms with E-state index in [9.17, 15) is 5.11 Å². The van der Waals surface area contributed by atoms with E-state index in [4.69, 9.17) is 0 Å². The molecule has 0 saturated heterocycles. The SMILES string of the molecule is CCN(Cc1ccc(C(C)C)cc1)CC(C)(C)O. The third-order valence-electron chi connectivity index (χ3n) is 3.11. The maximum absolute atomic E-state index is 9.87.